The van der Waals surface area contributed by atoms with Gasteiger partial charge in [-0.2, -0.15) is 0 Å². The van der Waals surface area contributed by atoms with Gasteiger partial charge in [0, 0.05) is 13.1 Å². The Hall–Kier alpha value is -1.55. The van der Waals surface area contributed by atoms with Crippen molar-refractivity contribution < 1.29 is 9.53 Å². The number of cyclic esters (lactones) is 1. The van der Waals surface area contributed by atoms with E-state index in [0.29, 0.717) is 11.8 Å². The summed E-state index contributed by atoms with van der Waals surface area (Å²) in [6, 6.07) is 3.53. The summed E-state index contributed by atoms with van der Waals surface area (Å²) in [7, 11) is 1.85. The topological polar surface area (TPSA) is 42.4 Å². The van der Waals surface area contributed by atoms with Crippen LogP contribution in [0.25, 0.3) is 0 Å². The number of carbonyl (C=O) groups is 1. The molecule has 0 spiro atoms. The number of aromatic nitrogens is 1. The summed E-state index contributed by atoms with van der Waals surface area (Å²) < 4.78 is 4.81. The molecular formula is C10H9ClN2O2. The number of carbonyl (C=O) groups excluding carboxylic acids is 1. The van der Waals surface area contributed by atoms with Crippen LogP contribution in [-0.2, 0) is 9.53 Å². The van der Waals surface area contributed by atoms with Gasteiger partial charge in [-0.15, -0.1) is 0 Å². The lowest BCUT2D eigenvalue weighted by atomic mass is 10.3. The maximum Gasteiger partial charge on any atom is 0.333 e. The van der Waals surface area contributed by atoms with Crippen LogP contribution in [0, 0.1) is 0 Å². The molecule has 0 radical (unpaired) electrons. The third-order valence-electron chi connectivity index (χ3n) is 2.18. The van der Waals surface area contributed by atoms with Crippen molar-refractivity contribution in [3.63, 3.8) is 0 Å². The van der Waals surface area contributed by atoms with Crippen molar-refractivity contribution in [1.82, 2.24) is 4.98 Å². The van der Waals surface area contributed by atoms with Crippen LogP contribution in [0.3, 0.4) is 0 Å². The highest BCUT2D eigenvalue weighted by atomic mass is 35.5. The number of hydrogen-bond acceptors (Lipinski definition) is 4. The van der Waals surface area contributed by atoms with E-state index in [4.69, 9.17) is 16.3 Å². The van der Waals surface area contributed by atoms with Gasteiger partial charge in [0.2, 0.25) is 0 Å². The molecule has 1 aliphatic rings. The lowest BCUT2D eigenvalue weighted by Crippen LogP contribution is -2.17. The van der Waals surface area contributed by atoms with Crippen LogP contribution >= 0.6 is 11.6 Å². The van der Waals surface area contributed by atoms with Gasteiger partial charge >= 0.3 is 5.97 Å². The van der Waals surface area contributed by atoms with E-state index in [1.54, 1.807) is 12.3 Å². The minimum absolute atomic E-state index is 0.304. The van der Waals surface area contributed by atoms with E-state index in [0.717, 1.165) is 11.4 Å². The molecule has 0 unspecified atom stereocenters. The van der Waals surface area contributed by atoms with Crippen molar-refractivity contribution >= 4 is 23.3 Å². The van der Waals surface area contributed by atoms with Gasteiger partial charge in [0.25, 0.3) is 0 Å². The Balaban J connectivity index is 2.21. The first-order chi connectivity index (χ1) is 7.16. The van der Waals surface area contributed by atoms with Crippen molar-refractivity contribution in [2.75, 3.05) is 18.6 Å². The highest BCUT2D eigenvalue weighted by Crippen LogP contribution is 2.20. The van der Waals surface area contributed by atoms with Crippen molar-refractivity contribution in [3.8, 4) is 0 Å². The van der Waals surface area contributed by atoms with Gasteiger partial charge in [0.1, 0.15) is 11.8 Å². The molecule has 2 heterocycles. The molecule has 4 nitrogen and oxygen atoms in total. The number of esters is 1. The highest BCUT2D eigenvalue weighted by molar-refractivity contribution is 6.29. The minimum Gasteiger partial charge on any atom is -0.456 e. The minimum atomic E-state index is -0.307. The number of likely N-dealkylation sites (N-methyl/N-ethyl adjacent to an activating group) is 1. The molecule has 0 fully saturated rings. The fourth-order valence-corrected chi connectivity index (χ4v) is 1.40. The molecule has 0 amide bonds. The summed E-state index contributed by atoms with van der Waals surface area (Å²) in [5.74, 6) is -0.307. The SMILES string of the molecule is CN(C1=CC(=O)OC1)c1ccc(Cl)nc1. The van der Waals surface area contributed by atoms with Crippen LogP contribution in [0.1, 0.15) is 0 Å². The van der Waals surface area contributed by atoms with Crippen LogP contribution in [0.2, 0.25) is 5.15 Å². The Morgan fingerprint density at radius 3 is 2.87 bits per heavy atom. The Labute approximate surface area is 92.1 Å². The standard InChI is InChI=1S/C10H9ClN2O2/c1-13(8-4-10(14)15-6-8)7-2-3-9(11)12-5-7/h2-5H,6H2,1H3. The number of nitrogens with zero attached hydrogens (tertiary/aromatic N) is 2. The third-order valence-corrected chi connectivity index (χ3v) is 2.40. The number of pyridine rings is 1. The molecule has 0 bridgehead atoms. The molecule has 78 valence electrons. The summed E-state index contributed by atoms with van der Waals surface area (Å²) >= 11 is 5.68. The summed E-state index contributed by atoms with van der Waals surface area (Å²) in [6.07, 6.45) is 3.11. The molecule has 1 aromatic heterocycles. The van der Waals surface area contributed by atoms with Crippen molar-refractivity contribution in [3.05, 3.63) is 35.3 Å². The van der Waals surface area contributed by atoms with Gasteiger partial charge in [-0.05, 0) is 12.1 Å². The van der Waals surface area contributed by atoms with Crippen molar-refractivity contribution in [2.24, 2.45) is 0 Å². The zero-order chi connectivity index (χ0) is 10.8. The average Bonchev–Trinajstić information content (AvgIpc) is 2.65. The maximum absolute atomic E-state index is 10.9. The first-order valence-electron chi connectivity index (χ1n) is 4.39. The van der Waals surface area contributed by atoms with Crippen LogP contribution in [-0.4, -0.2) is 24.6 Å². The Morgan fingerprint density at radius 1 is 1.53 bits per heavy atom. The molecule has 0 saturated carbocycles. The molecule has 1 aliphatic heterocycles. The number of ether oxygens (including phenoxy) is 1. The summed E-state index contributed by atoms with van der Waals surface area (Å²) in [5.41, 5.74) is 1.67. The van der Waals surface area contributed by atoms with Gasteiger partial charge in [-0.1, -0.05) is 11.6 Å². The molecule has 15 heavy (non-hydrogen) atoms. The number of rotatable bonds is 2. The molecule has 0 atom stereocenters. The van der Waals surface area contributed by atoms with Crippen molar-refractivity contribution in [1.29, 1.82) is 0 Å². The molecule has 0 aliphatic carbocycles. The molecule has 0 aromatic carbocycles. The zero-order valence-corrected chi connectivity index (χ0v) is 8.86. The van der Waals surface area contributed by atoms with Crippen LogP contribution in [0.5, 0.6) is 0 Å². The van der Waals surface area contributed by atoms with E-state index in [9.17, 15) is 4.79 Å². The Kier molecular flexibility index (Phi) is 2.60. The van der Waals surface area contributed by atoms with Crippen LogP contribution in [0.15, 0.2) is 30.1 Å². The largest absolute Gasteiger partial charge is 0.456 e. The van der Waals surface area contributed by atoms with Gasteiger partial charge in [0.05, 0.1) is 17.6 Å². The van der Waals surface area contributed by atoms with Gasteiger partial charge < -0.3 is 9.64 Å². The second-order valence-electron chi connectivity index (χ2n) is 3.14. The van der Waals surface area contributed by atoms with E-state index in [1.165, 1.54) is 6.08 Å². The Morgan fingerprint density at radius 2 is 2.33 bits per heavy atom. The predicted octanol–water partition coefficient (Wildman–Crippen LogP) is 1.61. The Bertz CT molecular complexity index is 414. The average molecular weight is 225 g/mol. The molecular weight excluding hydrogens is 216 g/mol. The second kappa shape index (κ2) is 3.90. The van der Waals surface area contributed by atoms with E-state index in [2.05, 4.69) is 4.98 Å². The van der Waals surface area contributed by atoms with Gasteiger partial charge in [-0.25, -0.2) is 9.78 Å². The van der Waals surface area contributed by atoms with E-state index in [1.807, 2.05) is 18.0 Å². The molecule has 2 rings (SSSR count). The van der Waals surface area contributed by atoms with E-state index < -0.39 is 0 Å². The number of anilines is 1. The molecule has 0 N–H and O–H groups in total. The van der Waals surface area contributed by atoms with E-state index >= 15 is 0 Å². The highest BCUT2D eigenvalue weighted by Gasteiger charge is 2.17. The molecule has 5 heteroatoms. The first-order valence-corrected chi connectivity index (χ1v) is 4.77. The summed E-state index contributed by atoms with van der Waals surface area (Å²) in [4.78, 5) is 16.7. The van der Waals surface area contributed by atoms with Gasteiger partial charge in [0.15, 0.2) is 0 Å². The second-order valence-corrected chi connectivity index (χ2v) is 3.53. The fraction of sp³-hybridized carbons (Fsp3) is 0.200. The molecule has 1 aromatic rings. The summed E-state index contributed by atoms with van der Waals surface area (Å²) in [5, 5.41) is 0.444. The zero-order valence-electron chi connectivity index (χ0n) is 8.11. The van der Waals surface area contributed by atoms with E-state index in [-0.39, 0.29) is 5.97 Å². The first kappa shape index (κ1) is 9.98. The molecule has 0 saturated heterocycles. The normalized spacial score (nSPS) is 14.8. The predicted molar refractivity (Wildman–Crippen MR) is 56.7 cm³/mol. The third kappa shape index (κ3) is 2.10. The lowest BCUT2D eigenvalue weighted by molar-refractivity contribution is -0.134. The lowest BCUT2D eigenvalue weighted by Gasteiger charge is -2.18. The fourth-order valence-electron chi connectivity index (χ4n) is 1.29. The monoisotopic (exact) mass is 224 g/mol. The summed E-state index contributed by atoms with van der Waals surface area (Å²) in [6.45, 7) is 0.304. The number of halogens is 1. The maximum atomic E-state index is 10.9. The quantitative estimate of drug-likeness (QED) is 0.566. The smallest absolute Gasteiger partial charge is 0.333 e. The number of hydrogen-bond donors (Lipinski definition) is 0. The van der Waals surface area contributed by atoms with Gasteiger partial charge in [-0.3, -0.25) is 0 Å². The van der Waals surface area contributed by atoms with Crippen LogP contribution < -0.4 is 4.90 Å². The van der Waals surface area contributed by atoms with Crippen molar-refractivity contribution in [2.45, 2.75) is 0 Å². The van der Waals surface area contributed by atoms with Crippen LogP contribution in [0.4, 0.5) is 5.69 Å².